The van der Waals surface area contributed by atoms with Crippen molar-refractivity contribution in [2.24, 2.45) is 0 Å². The lowest BCUT2D eigenvalue weighted by Gasteiger charge is -2.16. The standard InChI is InChI=1S/C15H18N2OS/c1-11-12(2)19-15(17-9-5-6-10-17)13(11)14(18)16-7-3-4-8-16/h5-6,9-10H,3-4,7-8H2,1-2H3. The maximum absolute atomic E-state index is 12.7. The Morgan fingerprint density at radius 3 is 2.42 bits per heavy atom. The average molecular weight is 274 g/mol. The number of carbonyl (C=O) groups is 1. The number of thiophene rings is 1. The van der Waals surface area contributed by atoms with Crippen LogP contribution < -0.4 is 0 Å². The summed E-state index contributed by atoms with van der Waals surface area (Å²) in [5.74, 6) is 0.197. The fraction of sp³-hybridized carbons (Fsp3) is 0.400. The lowest BCUT2D eigenvalue weighted by Crippen LogP contribution is -2.28. The molecule has 2 aromatic heterocycles. The predicted octanol–water partition coefficient (Wildman–Crippen LogP) is 3.39. The third kappa shape index (κ3) is 2.10. The van der Waals surface area contributed by atoms with Crippen LogP contribution in [0.1, 0.15) is 33.6 Å². The van der Waals surface area contributed by atoms with E-state index in [0.29, 0.717) is 0 Å². The number of hydrogen-bond acceptors (Lipinski definition) is 2. The number of amides is 1. The lowest BCUT2D eigenvalue weighted by molar-refractivity contribution is 0.0792. The van der Waals surface area contributed by atoms with E-state index in [2.05, 4.69) is 13.8 Å². The molecule has 1 aliphatic rings. The molecular weight excluding hydrogens is 256 g/mol. The Kier molecular flexibility index (Phi) is 3.19. The van der Waals surface area contributed by atoms with Crippen molar-refractivity contribution in [1.29, 1.82) is 0 Å². The molecule has 3 nitrogen and oxygen atoms in total. The summed E-state index contributed by atoms with van der Waals surface area (Å²) in [6.45, 7) is 5.95. The van der Waals surface area contributed by atoms with Gasteiger partial charge in [0.25, 0.3) is 5.91 Å². The minimum atomic E-state index is 0.197. The van der Waals surface area contributed by atoms with Crippen molar-refractivity contribution in [3.63, 3.8) is 0 Å². The molecular formula is C15H18N2OS. The molecule has 1 fully saturated rings. The Bertz CT molecular complexity index is 592. The number of aryl methyl sites for hydroxylation is 1. The van der Waals surface area contributed by atoms with Gasteiger partial charge in [-0.15, -0.1) is 11.3 Å². The lowest BCUT2D eigenvalue weighted by atomic mass is 10.1. The van der Waals surface area contributed by atoms with Crippen LogP contribution in [0, 0.1) is 13.8 Å². The average Bonchev–Trinajstić information content (AvgIpc) is 3.11. The highest BCUT2D eigenvalue weighted by molar-refractivity contribution is 7.15. The van der Waals surface area contributed by atoms with Gasteiger partial charge in [-0.3, -0.25) is 4.79 Å². The van der Waals surface area contributed by atoms with Gasteiger partial charge in [-0.1, -0.05) is 0 Å². The summed E-state index contributed by atoms with van der Waals surface area (Å²) in [6, 6.07) is 3.99. The smallest absolute Gasteiger partial charge is 0.257 e. The summed E-state index contributed by atoms with van der Waals surface area (Å²) < 4.78 is 2.05. The Labute approximate surface area is 117 Å². The van der Waals surface area contributed by atoms with Crippen molar-refractivity contribution >= 4 is 17.2 Å². The van der Waals surface area contributed by atoms with Gasteiger partial charge in [0.2, 0.25) is 0 Å². The summed E-state index contributed by atoms with van der Waals surface area (Å²) in [4.78, 5) is 15.9. The van der Waals surface area contributed by atoms with Crippen LogP contribution in [0.2, 0.25) is 0 Å². The highest BCUT2D eigenvalue weighted by Gasteiger charge is 2.26. The quantitative estimate of drug-likeness (QED) is 0.824. The third-order valence-corrected chi connectivity index (χ3v) is 5.03. The van der Waals surface area contributed by atoms with E-state index in [4.69, 9.17) is 0 Å². The van der Waals surface area contributed by atoms with Gasteiger partial charge in [0.1, 0.15) is 5.00 Å². The van der Waals surface area contributed by atoms with Crippen molar-refractivity contribution in [3.05, 3.63) is 40.5 Å². The first-order valence-electron chi connectivity index (χ1n) is 6.71. The molecule has 0 N–H and O–H groups in total. The van der Waals surface area contributed by atoms with Crippen molar-refractivity contribution < 1.29 is 4.79 Å². The molecule has 3 rings (SSSR count). The zero-order chi connectivity index (χ0) is 13.4. The first-order chi connectivity index (χ1) is 9.18. The van der Waals surface area contributed by atoms with Crippen LogP contribution in [-0.2, 0) is 0 Å². The highest BCUT2D eigenvalue weighted by Crippen LogP contribution is 2.32. The van der Waals surface area contributed by atoms with E-state index in [-0.39, 0.29) is 5.91 Å². The largest absolute Gasteiger partial charge is 0.339 e. The van der Waals surface area contributed by atoms with Crippen LogP contribution >= 0.6 is 11.3 Å². The molecule has 100 valence electrons. The number of likely N-dealkylation sites (tertiary alicyclic amines) is 1. The van der Waals surface area contributed by atoms with Crippen molar-refractivity contribution in [2.75, 3.05) is 13.1 Å². The van der Waals surface area contributed by atoms with Crippen LogP contribution in [0.3, 0.4) is 0 Å². The van der Waals surface area contributed by atoms with E-state index in [9.17, 15) is 4.79 Å². The van der Waals surface area contributed by atoms with E-state index < -0.39 is 0 Å². The minimum Gasteiger partial charge on any atom is -0.339 e. The Morgan fingerprint density at radius 1 is 1.16 bits per heavy atom. The SMILES string of the molecule is Cc1sc(-n2cccc2)c(C(=O)N2CCCC2)c1C. The third-order valence-electron chi connectivity index (χ3n) is 3.81. The molecule has 3 heterocycles. The second-order valence-corrected chi connectivity index (χ2v) is 6.26. The highest BCUT2D eigenvalue weighted by atomic mass is 32.1. The van der Waals surface area contributed by atoms with Crippen LogP contribution in [0.15, 0.2) is 24.5 Å². The van der Waals surface area contributed by atoms with Crippen LogP contribution in [0.25, 0.3) is 5.00 Å². The number of nitrogens with zero attached hydrogens (tertiary/aromatic N) is 2. The normalized spacial score (nSPS) is 15.2. The molecule has 0 aliphatic carbocycles. The summed E-state index contributed by atoms with van der Waals surface area (Å²) in [7, 11) is 0. The van der Waals surface area contributed by atoms with E-state index >= 15 is 0 Å². The minimum absolute atomic E-state index is 0.197. The molecule has 19 heavy (non-hydrogen) atoms. The summed E-state index contributed by atoms with van der Waals surface area (Å²) >= 11 is 1.70. The summed E-state index contributed by atoms with van der Waals surface area (Å²) in [6.07, 6.45) is 6.27. The number of carbonyl (C=O) groups excluding carboxylic acids is 1. The topological polar surface area (TPSA) is 25.2 Å². The van der Waals surface area contributed by atoms with Crippen LogP contribution in [0.5, 0.6) is 0 Å². The van der Waals surface area contributed by atoms with Crippen LogP contribution in [-0.4, -0.2) is 28.5 Å². The second kappa shape index (κ2) is 4.85. The number of rotatable bonds is 2. The number of hydrogen-bond donors (Lipinski definition) is 0. The van der Waals surface area contributed by atoms with Gasteiger partial charge in [-0.05, 0) is 44.4 Å². The van der Waals surface area contributed by atoms with E-state index in [1.807, 2.05) is 34.0 Å². The molecule has 0 spiro atoms. The van der Waals surface area contributed by atoms with Gasteiger partial charge >= 0.3 is 0 Å². The number of aromatic nitrogens is 1. The molecule has 1 saturated heterocycles. The first-order valence-corrected chi connectivity index (χ1v) is 7.52. The molecule has 0 unspecified atom stereocenters. The monoisotopic (exact) mass is 274 g/mol. The van der Waals surface area contributed by atoms with Gasteiger partial charge in [-0.2, -0.15) is 0 Å². The Balaban J connectivity index is 2.06. The Morgan fingerprint density at radius 2 is 1.79 bits per heavy atom. The second-order valence-electron chi connectivity index (χ2n) is 5.05. The zero-order valence-electron chi connectivity index (χ0n) is 11.3. The molecule has 0 radical (unpaired) electrons. The van der Waals surface area contributed by atoms with E-state index in [1.54, 1.807) is 11.3 Å². The molecule has 4 heteroatoms. The molecule has 1 aliphatic heterocycles. The maximum Gasteiger partial charge on any atom is 0.257 e. The fourth-order valence-corrected chi connectivity index (χ4v) is 3.71. The maximum atomic E-state index is 12.7. The van der Waals surface area contributed by atoms with Crippen molar-refractivity contribution in [3.8, 4) is 5.00 Å². The molecule has 1 amide bonds. The van der Waals surface area contributed by atoms with Gasteiger partial charge in [-0.25, -0.2) is 0 Å². The van der Waals surface area contributed by atoms with Gasteiger partial charge in [0.15, 0.2) is 0 Å². The molecule has 0 atom stereocenters. The molecule has 0 saturated carbocycles. The van der Waals surface area contributed by atoms with Gasteiger partial charge in [0.05, 0.1) is 5.56 Å². The summed E-state index contributed by atoms with van der Waals surface area (Å²) in [5.41, 5.74) is 2.02. The Hall–Kier alpha value is -1.55. The fourth-order valence-electron chi connectivity index (χ4n) is 2.59. The predicted molar refractivity (Wildman–Crippen MR) is 78.3 cm³/mol. The van der Waals surface area contributed by atoms with Crippen molar-refractivity contribution in [1.82, 2.24) is 9.47 Å². The molecule has 2 aromatic rings. The van der Waals surface area contributed by atoms with Crippen molar-refractivity contribution in [2.45, 2.75) is 26.7 Å². The summed E-state index contributed by atoms with van der Waals surface area (Å²) in [5, 5.41) is 1.05. The van der Waals surface area contributed by atoms with Crippen LogP contribution in [0.4, 0.5) is 0 Å². The van der Waals surface area contributed by atoms with Gasteiger partial charge in [0, 0.05) is 30.4 Å². The zero-order valence-corrected chi connectivity index (χ0v) is 12.2. The van der Waals surface area contributed by atoms with E-state index in [0.717, 1.165) is 42.1 Å². The van der Waals surface area contributed by atoms with E-state index in [1.165, 1.54) is 4.88 Å². The first kappa shape index (κ1) is 12.5. The van der Waals surface area contributed by atoms with Gasteiger partial charge < -0.3 is 9.47 Å². The molecule has 0 aromatic carbocycles. The molecule has 0 bridgehead atoms.